The highest BCUT2D eigenvalue weighted by atomic mass is 19.1. The van der Waals surface area contributed by atoms with E-state index in [1.165, 1.54) is 25.1 Å². The van der Waals surface area contributed by atoms with Gasteiger partial charge in [0.1, 0.15) is 17.4 Å². The number of benzene rings is 2. The van der Waals surface area contributed by atoms with Gasteiger partial charge in [-0.3, -0.25) is 9.59 Å². The first kappa shape index (κ1) is 21.3. The zero-order chi connectivity index (χ0) is 20.7. The number of carbonyl (C=O) groups is 2. The largest absolute Gasteiger partial charge is 0.497 e. The zero-order valence-corrected chi connectivity index (χ0v) is 16.0. The number of likely N-dealkylation sites (N-methyl/N-ethyl adjacent to an activating group) is 1. The molecule has 0 aliphatic heterocycles. The maximum atomic E-state index is 13.8. The highest BCUT2D eigenvalue weighted by Crippen LogP contribution is 2.18. The third-order valence-electron chi connectivity index (χ3n) is 4.15. The van der Waals surface area contributed by atoms with E-state index in [0.717, 1.165) is 12.1 Å². The molecule has 0 aliphatic rings. The van der Waals surface area contributed by atoms with Gasteiger partial charge in [0.15, 0.2) is 0 Å². The Morgan fingerprint density at radius 1 is 1.18 bits per heavy atom. The fourth-order valence-corrected chi connectivity index (χ4v) is 2.54. The Labute approximate surface area is 162 Å². The van der Waals surface area contributed by atoms with Gasteiger partial charge in [-0.05, 0) is 25.1 Å². The van der Waals surface area contributed by atoms with Gasteiger partial charge in [-0.2, -0.15) is 0 Å². The van der Waals surface area contributed by atoms with Crippen molar-refractivity contribution in [3.63, 3.8) is 0 Å². The second-order valence-electron chi connectivity index (χ2n) is 6.30. The molecule has 2 N–H and O–H groups in total. The smallest absolute Gasteiger partial charge is 0.243 e. The number of rotatable bonds is 8. The molecule has 0 fully saturated rings. The topological polar surface area (TPSA) is 70.7 Å². The van der Waals surface area contributed by atoms with E-state index in [9.17, 15) is 18.4 Å². The molecule has 0 radical (unpaired) electrons. The van der Waals surface area contributed by atoms with Gasteiger partial charge >= 0.3 is 0 Å². The second kappa shape index (κ2) is 9.80. The van der Waals surface area contributed by atoms with Gasteiger partial charge < -0.3 is 20.3 Å². The molecule has 6 nitrogen and oxygen atoms in total. The molecule has 28 heavy (non-hydrogen) atoms. The number of halogens is 2. The molecular formula is C20H23F2N3O3. The Kier molecular flexibility index (Phi) is 7.45. The molecule has 0 heterocycles. The standard InChI is InChI=1S/C20H23F2N3O3/c1-13(17-8-7-14(21)9-18(17)22)23-11-20(27)25(2)12-19(26)24-15-5-4-6-16(10-15)28-3/h4-10,13,23H,11-12H2,1-3H3,(H,24,26)/t13-/m1/s1. The number of amides is 2. The van der Waals surface area contributed by atoms with Crippen LogP contribution in [0.15, 0.2) is 42.5 Å². The van der Waals surface area contributed by atoms with Crippen LogP contribution in [-0.4, -0.2) is 44.0 Å². The lowest BCUT2D eigenvalue weighted by atomic mass is 10.1. The minimum absolute atomic E-state index is 0.0963. The highest BCUT2D eigenvalue weighted by Gasteiger charge is 2.16. The molecule has 0 spiro atoms. The van der Waals surface area contributed by atoms with Crippen molar-refractivity contribution in [3.8, 4) is 5.75 Å². The van der Waals surface area contributed by atoms with Crippen molar-refractivity contribution in [1.82, 2.24) is 10.2 Å². The van der Waals surface area contributed by atoms with Crippen LogP contribution in [0.25, 0.3) is 0 Å². The molecule has 0 aromatic heterocycles. The molecule has 0 unspecified atom stereocenters. The lowest BCUT2D eigenvalue weighted by Gasteiger charge is -2.20. The third-order valence-corrected chi connectivity index (χ3v) is 4.15. The summed E-state index contributed by atoms with van der Waals surface area (Å²) in [4.78, 5) is 25.6. The Bertz CT molecular complexity index is 845. The average molecular weight is 391 g/mol. The summed E-state index contributed by atoms with van der Waals surface area (Å²) >= 11 is 0. The van der Waals surface area contributed by atoms with Crippen LogP contribution in [-0.2, 0) is 9.59 Å². The van der Waals surface area contributed by atoms with Crippen molar-refractivity contribution in [2.24, 2.45) is 0 Å². The predicted molar refractivity (Wildman–Crippen MR) is 102 cm³/mol. The minimum atomic E-state index is -0.682. The van der Waals surface area contributed by atoms with E-state index in [2.05, 4.69) is 10.6 Å². The maximum Gasteiger partial charge on any atom is 0.243 e. The Balaban J connectivity index is 1.83. The molecule has 1 atom stereocenters. The quantitative estimate of drug-likeness (QED) is 0.726. The zero-order valence-electron chi connectivity index (χ0n) is 16.0. The molecule has 150 valence electrons. The number of nitrogens with zero attached hydrogens (tertiary/aromatic N) is 1. The third kappa shape index (κ3) is 6.02. The second-order valence-corrected chi connectivity index (χ2v) is 6.30. The summed E-state index contributed by atoms with van der Waals surface area (Å²) in [7, 11) is 3.03. The van der Waals surface area contributed by atoms with Crippen LogP contribution in [0.2, 0.25) is 0 Å². The Morgan fingerprint density at radius 3 is 2.61 bits per heavy atom. The van der Waals surface area contributed by atoms with E-state index >= 15 is 0 Å². The van der Waals surface area contributed by atoms with Gasteiger partial charge in [-0.1, -0.05) is 12.1 Å². The maximum absolute atomic E-state index is 13.8. The first-order chi connectivity index (χ1) is 13.3. The van der Waals surface area contributed by atoms with Crippen molar-refractivity contribution in [2.45, 2.75) is 13.0 Å². The number of nitrogens with one attached hydrogen (secondary N) is 2. The molecule has 2 amide bonds. The van der Waals surface area contributed by atoms with Crippen molar-refractivity contribution >= 4 is 17.5 Å². The van der Waals surface area contributed by atoms with E-state index < -0.39 is 17.7 Å². The molecule has 2 rings (SSSR count). The molecule has 2 aromatic carbocycles. The Hall–Kier alpha value is -3.00. The average Bonchev–Trinajstić information content (AvgIpc) is 2.65. The van der Waals surface area contributed by atoms with Gasteiger partial charge in [0.05, 0.1) is 20.2 Å². The van der Waals surface area contributed by atoms with Crippen molar-refractivity contribution in [3.05, 3.63) is 59.7 Å². The van der Waals surface area contributed by atoms with Crippen LogP contribution in [0.4, 0.5) is 14.5 Å². The minimum Gasteiger partial charge on any atom is -0.497 e. The van der Waals surface area contributed by atoms with E-state index in [-0.39, 0.29) is 30.5 Å². The highest BCUT2D eigenvalue weighted by molar-refractivity contribution is 5.94. The number of anilines is 1. The van der Waals surface area contributed by atoms with Crippen LogP contribution < -0.4 is 15.4 Å². The molecular weight excluding hydrogens is 368 g/mol. The van der Waals surface area contributed by atoms with E-state index in [0.29, 0.717) is 11.4 Å². The lowest BCUT2D eigenvalue weighted by Crippen LogP contribution is -2.40. The van der Waals surface area contributed by atoms with Gasteiger partial charge in [0, 0.05) is 36.5 Å². The summed E-state index contributed by atoms with van der Waals surface area (Å²) in [5.41, 5.74) is 0.816. The van der Waals surface area contributed by atoms with Crippen molar-refractivity contribution < 1.29 is 23.1 Å². The Morgan fingerprint density at radius 2 is 1.93 bits per heavy atom. The number of methoxy groups -OCH3 is 1. The lowest BCUT2D eigenvalue weighted by molar-refractivity contribution is -0.132. The summed E-state index contributed by atoms with van der Waals surface area (Å²) in [6.07, 6.45) is 0. The fourth-order valence-electron chi connectivity index (χ4n) is 2.54. The number of carbonyl (C=O) groups excluding carboxylic acids is 2. The van der Waals surface area contributed by atoms with Crippen molar-refractivity contribution in [1.29, 1.82) is 0 Å². The van der Waals surface area contributed by atoms with E-state index in [1.807, 2.05) is 0 Å². The number of hydrogen-bond acceptors (Lipinski definition) is 4. The van der Waals surface area contributed by atoms with Gasteiger partial charge in [-0.25, -0.2) is 8.78 Å². The molecule has 8 heteroatoms. The first-order valence-electron chi connectivity index (χ1n) is 8.66. The number of hydrogen-bond donors (Lipinski definition) is 2. The van der Waals surface area contributed by atoms with Crippen LogP contribution in [0.5, 0.6) is 5.75 Å². The van der Waals surface area contributed by atoms with Crippen LogP contribution in [0.1, 0.15) is 18.5 Å². The molecule has 0 bridgehead atoms. The van der Waals surface area contributed by atoms with E-state index in [1.54, 1.807) is 31.2 Å². The summed E-state index contributed by atoms with van der Waals surface area (Å²) in [5, 5.41) is 5.56. The van der Waals surface area contributed by atoms with Crippen LogP contribution >= 0.6 is 0 Å². The summed E-state index contributed by atoms with van der Waals surface area (Å²) in [6, 6.07) is 9.66. The normalized spacial score (nSPS) is 11.6. The molecule has 2 aromatic rings. The summed E-state index contributed by atoms with van der Waals surface area (Å²) < 4.78 is 31.9. The van der Waals surface area contributed by atoms with Crippen LogP contribution in [0.3, 0.4) is 0 Å². The summed E-state index contributed by atoms with van der Waals surface area (Å²) in [5.74, 6) is -1.44. The monoisotopic (exact) mass is 391 g/mol. The van der Waals surface area contributed by atoms with Crippen molar-refractivity contribution in [2.75, 3.05) is 32.6 Å². The molecule has 0 saturated carbocycles. The fraction of sp³-hybridized carbons (Fsp3) is 0.300. The SMILES string of the molecule is COc1cccc(NC(=O)CN(C)C(=O)CN[C@H](C)c2ccc(F)cc2F)c1. The van der Waals surface area contributed by atoms with E-state index in [4.69, 9.17) is 4.74 Å². The molecule has 0 saturated heterocycles. The van der Waals surface area contributed by atoms with Gasteiger partial charge in [0.25, 0.3) is 0 Å². The van der Waals surface area contributed by atoms with Gasteiger partial charge in [-0.15, -0.1) is 0 Å². The number of ether oxygens (including phenoxy) is 1. The van der Waals surface area contributed by atoms with Gasteiger partial charge in [0.2, 0.25) is 11.8 Å². The predicted octanol–water partition coefficient (Wildman–Crippen LogP) is 2.72. The van der Waals surface area contributed by atoms with Crippen LogP contribution in [0, 0.1) is 11.6 Å². The molecule has 0 aliphatic carbocycles. The first-order valence-corrected chi connectivity index (χ1v) is 8.66. The summed E-state index contributed by atoms with van der Waals surface area (Å²) in [6.45, 7) is 1.43.